The van der Waals surface area contributed by atoms with Gasteiger partial charge in [-0.3, -0.25) is 0 Å². The van der Waals surface area contributed by atoms with E-state index >= 15 is 0 Å². The summed E-state index contributed by atoms with van der Waals surface area (Å²) in [4.78, 5) is 23.3. The second-order valence-electron chi connectivity index (χ2n) is 3.01. The molecule has 15 heavy (non-hydrogen) atoms. The highest BCUT2D eigenvalue weighted by molar-refractivity contribution is 5.74. The fourth-order valence-corrected chi connectivity index (χ4v) is 1.19. The molecule has 1 heterocycles. The maximum atomic E-state index is 11.3. The van der Waals surface area contributed by atoms with Crippen LogP contribution in [0.3, 0.4) is 0 Å². The molecule has 0 saturated carbocycles. The number of hydrogen-bond donors (Lipinski definition) is 1. The maximum absolute atomic E-state index is 11.3. The summed E-state index contributed by atoms with van der Waals surface area (Å²) < 4.78 is 9.73. The number of nitrogens with zero attached hydrogens (tertiary/aromatic N) is 1. The number of morpholine rings is 1. The van der Waals surface area contributed by atoms with Crippen molar-refractivity contribution in [3.8, 4) is 0 Å². The van der Waals surface area contributed by atoms with Crippen molar-refractivity contribution in [3.63, 3.8) is 0 Å². The van der Waals surface area contributed by atoms with Crippen molar-refractivity contribution in [3.05, 3.63) is 12.7 Å². The number of carboxylic acids is 1. The third-order valence-electron chi connectivity index (χ3n) is 1.92. The summed E-state index contributed by atoms with van der Waals surface area (Å²) in [5.74, 6) is -1.07. The van der Waals surface area contributed by atoms with Gasteiger partial charge in [0.15, 0.2) is 6.10 Å². The second-order valence-corrected chi connectivity index (χ2v) is 3.01. The van der Waals surface area contributed by atoms with Gasteiger partial charge in [-0.1, -0.05) is 12.7 Å². The van der Waals surface area contributed by atoms with E-state index in [0.717, 1.165) is 0 Å². The van der Waals surface area contributed by atoms with Crippen LogP contribution in [0.5, 0.6) is 0 Å². The summed E-state index contributed by atoms with van der Waals surface area (Å²) in [5, 5.41) is 8.69. The van der Waals surface area contributed by atoms with Crippen molar-refractivity contribution in [1.82, 2.24) is 4.90 Å². The molecule has 6 heteroatoms. The Morgan fingerprint density at radius 2 is 2.40 bits per heavy atom. The maximum Gasteiger partial charge on any atom is 0.410 e. The molecule has 0 spiro atoms. The van der Waals surface area contributed by atoms with E-state index in [1.165, 1.54) is 11.0 Å². The molecule has 0 aliphatic carbocycles. The Balaban J connectivity index is 2.44. The van der Waals surface area contributed by atoms with Crippen molar-refractivity contribution >= 4 is 12.1 Å². The molecule has 0 radical (unpaired) electrons. The van der Waals surface area contributed by atoms with E-state index in [9.17, 15) is 9.59 Å². The Hall–Kier alpha value is -1.56. The zero-order chi connectivity index (χ0) is 11.3. The van der Waals surface area contributed by atoms with Gasteiger partial charge in [0.1, 0.15) is 6.61 Å². The van der Waals surface area contributed by atoms with Crippen molar-refractivity contribution in [2.24, 2.45) is 0 Å². The van der Waals surface area contributed by atoms with Crippen LogP contribution in [0.2, 0.25) is 0 Å². The first-order valence-corrected chi connectivity index (χ1v) is 4.52. The van der Waals surface area contributed by atoms with E-state index in [4.69, 9.17) is 14.6 Å². The molecule has 1 atom stereocenters. The van der Waals surface area contributed by atoms with Crippen molar-refractivity contribution < 1.29 is 24.2 Å². The predicted octanol–water partition coefficient (Wildman–Crippen LogP) is 0.0944. The Bertz CT molecular complexity index is 265. The van der Waals surface area contributed by atoms with Crippen LogP contribution >= 0.6 is 0 Å². The minimum atomic E-state index is -1.07. The van der Waals surface area contributed by atoms with Crippen molar-refractivity contribution in [1.29, 1.82) is 0 Å². The minimum Gasteiger partial charge on any atom is -0.479 e. The van der Waals surface area contributed by atoms with Gasteiger partial charge in [-0.2, -0.15) is 0 Å². The van der Waals surface area contributed by atoms with Crippen molar-refractivity contribution in [2.75, 3.05) is 26.3 Å². The average Bonchev–Trinajstić information content (AvgIpc) is 2.26. The Morgan fingerprint density at radius 3 is 3.00 bits per heavy atom. The van der Waals surface area contributed by atoms with E-state index in [1.807, 2.05) is 0 Å². The van der Waals surface area contributed by atoms with E-state index in [-0.39, 0.29) is 19.8 Å². The van der Waals surface area contributed by atoms with Gasteiger partial charge in [-0.25, -0.2) is 9.59 Å². The first-order chi connectivity index (χ1) is 7.15. The lowest BCUT2D eigenvalue weighted by Gasteiger charge is -2.29. The number of ether oxygens (including phenoxy) is 2. The topological polar surface area (TPSA) is 76.1 Å². The van der Waals surface area contributed by atoms with Crippen LogP contribution in [0.25, 0.3) is 0 Å². The van der Waals surface area contributed by atoms with E-state index in [0.29, 0.717) is 6.54 Å². The Labute approximate surface area is 87.1 Å². The molecular weight excluding hydrogens is 202 g/mol. The number of carbonyl (C=O) groups excluding carboxylic acids is 1. The summed E-state index contributed by atoms with van der Waals surface area (Å²) in [6.45, 7) is 4.10. The fraction of sp³-hybridized carbons (Fsp3) is 0.556. The predicted molar refractivity (Wildman–Crippen MR) is 50.5 cm³/mol. The van der Waals surface area contributed by atoms with Gasteiger partial charge in [0, 0.05) is 6.54 Å². The quantitative estimate of drug-likeness (QED) is 0.675. The van der Waals surface area contributed by atoms with Gasteiger partial charge in [0.25, 0.3) is 0 Å². The zero-order valence-electron chi connectivity index (χ0n) is 8.22. The molecular formula is C9H13NO5. The van der Waals surface area contributed by atoms with Crippen LogP contribution in [-0.4, -0.2) is 54.5 Å². The Kier molecular flexibility index (Phi) is 4.11. The molecule has 84 valence electrons. The third kappa shape index (κ3) is 3.25. The Morgan fingerprint density at radius 1 is 1.67 bits per heavy atom. The SMILES string of the molecule is C=CCOC(=O)N1CCOC(C(=O)O)C1. The standard InChI is InChI=1S/C9H13NO5/c1-2-4-15-9(13)10-3-5-14-7(6-10)8(11)12/h2,7H,1,3-6H2,(H,11,12). The molecule has 1 amide bonds. The average molecular weight is 215 g/mol. The summed E-state index contributed by atoms with van der Waals surface area (Å²) >= 11 is 0. The van der Waals surface area contributed by atoms with Gasteiger partial charge >= 0.3 is 12.1 Å². The van der Waals surface area contributed by atoms with E-state index in [1.54, 1.807) is 0 Å². The molecule has 1 fully saturated rings. The molecule has 1 saturated heterocycles. The molecule has 0 aromatic heterocycles. The smallest absolute Gasteiger partial charge is 0.410 e. The number of rotatable bonds is 3. The first-order valence-electron chi connectivity index (χ1n) is 4.52. The molecule has 1 aliphatic heterocycles. The molecule has 0 bridgehead atoms. The lowest BCUT2D eigenvalue weighted by Crippen LogP contribution is -2.48. The van der Waals surface area contributed by atoms with Crippen LogP contribution < -0.4 is 0 Å². The van der Waals surface area contributed by atoms with Gasteiger partial charge in [-0.05, 0) is 0 Å². The number of carboxylic acid groups (broad SMARTS) is 1. The lowest BCUT2D eigenvalue weighted by atomic mass is 10.3. The summed E-state index contributed by atoms with van der Waals surface area (Å²) in [6, 6.07) is 0. The second kappa shape index (κ2) is 5.35. The van der Waals surface area contributed by atoms with E-state index < -0.39 is 18.2 Å². The highest BCUT2D eigenvalue weighted by atomic mass is 16.6. The lowest BCUT2D eigenvalue weighted by molar-refractivity contribution is -0.155. The van der Waals surface area contributed by atoms with Gasteiger partial charge in [0.2, 0.25) is 0 Å². The normalized spacial score (nSPS) is 20.8. The highest BCUT2D eigenvalue weighted by Gasteiger charge is 2.29. The highest BCUT2D eigenvalue weighted by Crippen LogP contribution is 2.06. The monoisotopic (exact) mass is 215 g/mol. The van der Waals surface area contributed by atoms with Crippen molar-refractivity contribution in [2.45, 2.75) is 6.10 Å². The molecule has 0 aromatic carbocycles. The number of aliphatic carboxylic acids is 1. The fourth-order valence-electron chi connectivity index (χ4n) is 1.19. The molecule has 6 nitrogen and oxygen atoms in total. The number of amides is 1. The number of hydrogen-bond acceptors (Lipinski definition) is 4. The first kappa shape index (κ1) is 11.5. The van der Waals surface area contributed by atoms with Gasteiger partial charge in [0.05, 0.1) is 13.2 Å². The summed E-state index contributed by atoms with van der Waals surface area (Å²) in [5.41, 5.74) is 0. The molecule has 1 N–H and O–H groups in total. The van der Waals surface area contributed by atoms with E-state index in [2.05, 4.69) is 6.58 Å². The molecule has 1 rings (SSSR count). The van der Waals surface area contributed by atoms with Crippen LogP contribution in [-0.2, 0) is 14.3 Å². The number of carbonyl (C=O) groups is 2. The van der Waals surface area contributed by atoms with Crippen LogP contribution in [0.15, 0.2) is 12.7 Å². The van der Waals surface area contributed by atoms with Crippen LogP contribution in [0.1, 0.15) is 0 Å². The largest absolute Gasteiger partial charge is 0.479 e. The zero-order valence-corrected chi connectivity index (χ0v) is 8.22. The molecule has 0 aromatic rings. The van der Waals surface area contributed by atoms with Crippen LogP contribution in [0.4, 0.5) is 4.79 Å². The van der Waals surface area contributed by atoms with Gasteiger partial charge < -0.3 is 19.5 Å². The summed E-state index contributed by atoms with van der Waals surface area (Å²) in [6.07, 6.45) is -0.0491. The third-order valence-corrected chi connectivity index (χ3v) is 1.92. The summed E-state index contributed by atoms with van der Waals surface area (Å²) in [7, 11) is 0. The van der Waals surface area contributed by atoms with Crippen LogP contribution in [0, 0.1) is 0 Å². The minimum absolute atomic E-state index is 0.0192. The molecule has 1 aliphatic rings. The molecule has 1 unspecified atom stereocenters. The van der Waals surface area contributed by atoms with Gasteiger partial charge in [-0.15, -0.1) is 0 Å².